The number of hydrogen-bond donors (Lipinski definition) is 1. The molecule has 110 valence electrons. The zero-order valence-electron chi connectivity index (χ0n) is 12.5. The van der Waals surface area contributed by atoms with Gasteiger partial charge in [-0.25, -0.2) is 0 Å². The maximum absolute atomic E-state index is 6.38. The predicted molar refractivity (Wildman–Crippen MR) is 90.0 cm³/mol. The summed E-state index contributed by atoms with van der Waals surface area (Å²) in [7, 11) is 2.03. The smallest absolute Gasteiger partial charge is 0.0453 e. The first-order valence-corrected chi connectivity index (χ1v) is 8.17. The molecule has 0 bridgehead atoms. The van der Waals surface area contributed by atoms with Gasteiger partial charge < -0.3 is 5.32 Å². The van der Waals surface area contributed by atoms with E-state index in [0.29, 0.717) is 12.0 Å². The maximum Gasteiger partial charge on any atom is 0.0453 e. The van der Waals surface area contributed by atoms with Crippen molar-refractivity contribution < 1.29 is 0 Å². The monoisotopic (exact) mass is 299 g/mol. The van der Waals surface area contributed by atoms with Crippen molar-refractivity contribution in [2.75, 3.05) is 7.05 Å². The maximum atomic E-state index is 6.38. The topological polar surface area (TPSA) is 12.0 Å². The van der Waals surface area contributed by atoms with Crippen molar-refractivity contribution in [2.45, 2.75) is 37.6 Å². The molecule has 1 nitrogen and oxygen atoms in total. The fraction of sp³-hybridized carbons (Fsp3) is 0.368. The Hall–Kier alpha value is -1.31. The molecule has 2 heteroatoms. The van der Waals surface area contributed by atoms with E-state index in [4.69, 9.17) is 11.6 Å². The third kappa shape index (κ3) is 3.14. The second-order valence-electron chi connectivity index (χ2n) is 5.89. The summed E-state index contributed by atoms with van der Waals surface area (Å²) >= 11 is 6.38. The molecule has 2 unspecified atom stereocenters. The van der Waals surface area contributed by atoms with Gasteiger partial charge in [0.05, 0.1) is 0 Å². The van der Waals surface area contributed by atoms with Crippen molar-refractivity contribution in [2.24, 2.45) is 0 Å². The summed E-state index contributed by atoms with van der Waals surface area (Å²) < 4.78 is 0. The SMILES string of the molecule is CNC(CC1CCCc2ccccc21)c1ccccc1Cl. The molecule has 3 rings (SSSR count). The molecule has 0 aliphatic heterocycles. The first-order chi connectivity index (χ1) is 10.3. The lowest BCUT2D eigenvalue weighted by Gasteiger charge is -2.29. The molecule has 1 N–H and O–H groups in total. The molecule has 2 aromatic rings. The predicted octanol–water partition coefficient (Wildman–Crippen LogP) is 5.11. The average Bonchev–Trinajstić information content (AvgIpc) is 2.53. The quantitative estimate of drug-likeness (QED) is 0.827. The van der Waals surface area contributed by atoms with Crippen molar-refractivity contribution in [1.29, 1.82) is 0 Å². The van der Waals surface area contributed by atoms with Gasteiger partial charge in [-0.2, -0.15) is 0 Å². The van der Waals surface area contributed by atoms with Gasteiger partial charge in [-0.15, -0.1) is 0 Å². The van der Waals surface area contributed by atoms with E-state index < -0.39 is 0 Å². The second-order valence-corrected chi connectivity index (χ2v) is 6.29. The van der Waals surface area contributed by atoms with Crippen LogP contribution in [0.1, 0.15) is 47.9 Å². The number of hydrogen-bond acceptors (Lipinski definition) is 1. The summed E-state index contributed by atoms with van der Waals surface area (Å²) in [6.07, 6.45) is 4.90. The molecule has 0 saturated carbocycles. The molecule has 0 heterocycles. The summed E-state index contributed by atoms with van der Waals surface area (Å²) in [6, 6.07) is 17.4. The highest BCUT2D eigenvalue weighted by molar-refractivity contribution is 6.31. The Morgan fingerprint density at radius 2 is 1.90 bits per heavy atom. The van der Waals surface area contributed by atoms with Gasteiger partial charge in [0.25, 0.3) is 0 Å². The van der Waals surface area contributed by atoms with Crippen molar-refractivity contribution in [3.05, 3.63) is 70.2 Å². The van der Waals surface area contributed by atoms with Crippen LogP contribution in [0.5, 0.6) is 0 Å². The van der Waals surface area contributed by atoms with E-state index in [-0.39, 0.29) is 0 Å². The van der Waals surface area contributed by atoms with Gasteiger partial charge in [0.15, 0.2) is 0 Å². The van der Waals surface area contributed by atoms with Gasteiger partial charge in [0.2, 0.25) is 0 Å². The van der Waals surface area contributed by atoms with Crippen LogP contribution in [-0.4, -0.2) is 7.05 Å². The largest absolute Gasteiger partial charge is 0.313 e. The summed E-state index contributed by atoms with van der Waals surface area (Å²) in [5.74, 6) is 0.628. The van der Waals surface area contributed by atoms with Gasteiger partial charge in [-0.05, 0) is 61.4 Å². The van der Waals surface area contributed by atoms with E-state index >= 15 is 0 Å². The van der Waals surface area contributed by atoms with Crippen LogP contribution in [0, 0.1) is 0 Å². The van der Waals surface area contributed by atoms with E-state index in [1.54, 1.807) is 0 Å². The molecule has 0 aromatic heterocycles. The number of fused-ring (bicyclic) bond motifs is 1. The molecule has 1 aliphatic rings. The summed E-state index contributed by atoms with van der Waals surface area (Å²) in [6.45, 7) is 0. The first kappa shape index (κ1) is 14.6. The Balaban J connectivity index is 1.84. The van der Waals surface area contributed by atoms with Crippen LogP contribution in [0.2, 0.25) is 5.02 Å². The van der Waals surface area contributed by atoms with Crippen molar-refractivity contribution >= 4 is 11.6 Å². The highest BCUT2D eigenvalue weighted by Gasteiger charge is 2.24. The van der Waals surface area contributed by atoms with Crippen LogP contribution in [0.4, 0.5) is 0 Å². The standard InChI is InChI=1S/C19H22ClN/c1-21-19(17-11-4-5-12-18(17)20)13-15-9-6-8-14-7-2-3-10-16(14)15/h2-5,7,10-12,15,19,21H,6,8-9,13H2,1H3. The van der Waals surface area contributed by atoms with Crippen LogP contribution in [0.3, 0.4) is 0 Å². The van der Waals surface area contributed by atoms with Crippen LogP contribution < -0.4 is 5.32 Å². The summed E-state index contributed by atoms with van der Waals surface area (Å²) in [5.41, 5.74) is 4.28. The molecule has 1 aliphatic carbocycles. The summed E-state index contributed by atoms with van der Waals surface area (Å²) in [4.78, 5) is 0. The molecule has 0 radical (unpaired) electrons. The number of nitrogens with one attached hydrogen (secondary N) is 1. The first-order valence-electron chi connectivity index (χ1n) is 7.79. The molecular formula is C19H22ClN. The second kappa shape index (κ2) is 6.64. The Bertz CT molecular complexity index is 608. The lowest BCUT2D eigenvalue weighted by Crippen LogP contribution is -2.21. The van der Waals surface area contributed by atoms with Crippen LogP contribution >= 0.6 is 11.6 Å². The van der Waals surface area contributed by atoms with Gasteiger partial charge in [0.1, 0.15) is 0 Å². The van der Waals surface area contributed by atoms with Gasteiger partial charge in [0, 0.05) is 11.1 Å². The van der Waals surface area contributed by atoms with Gasteiger partial charge in [-0.3, -0.25) is 0 Å². The minimum Gasteiger partial charge on any atom is -0.313 e. The van der Waals surface area contributed by atoms with Crippen LogP contribution in [0.15, 0.2) is 48.5 Å². The number of benzene rings is 2. The fourth-order valence-electron chi connectivity index (χ4n) is 3.54. The van der Waals surface area contributed by atoms with E-state index in [0.717, 1.165) is 11.4 Å². The molecule has 0 spiro atoms. The fourth-order valence-corrected chi connectivity index (χ4v) is 3.81. The molecule has 2 atom stereocenters. The minimum absolute atomic E-state index is 0.315. The number of rotatable bonds is 4. The van der Waals surface area contributed by atoms with Crippen LogP contribution in [-0.2, 0) is 6.42 Å². The summed E-state index contributed by atoms with van der Waals surface area (Å²) in [5, 5.41) is 4.31. The molecule has 2 aromatic carbocycles. The molecule has 0 saturated heterocycles. The number of halogens is 1. The van der Waals surface area contributed by atoms with E-state index in [2.05, 4.69) is 41.7 Å². The number of aryl methyl sites for hydroxylation is 1. The minimum atomic E-state index is 0.315. The Labute approximate surface area is 132 Å². The third-order valence-corrected chi connectivity index (χ3v) is 4.99. The highest BCUT2D eigenvalue weighted by Crippen LogP contribution is 2.38. The van der Waals surface area contributed by atoms with E-state index in [1.807, 2.05) is 19.2 Å². The van der Waals surface area contributed by atoms with Crippen LogP contribution in [0.25, 0.3) is 0 Å². The normalized spacial score (nSPS) is 19.0. The highest BCUT2D eigenvalue weighted by atomic mass is 35.5. The Kier molecular flexibility index (Phi) is 4.62. The molecule has 21 heavy (non-hydrogen) atoms. The zero-order valence-corrected chi connectivity index (χ0v) is 13.2. The Morgan fingerprint density at radius 3 is 2.71 bits per heavy atom. The molecule has 0 amide bonds. The lowest BCUT2D eigenvalue weighted by molar-refractivity contribution is 0.440. The average molecular weight is 300 g/mol. The van der Waals surface area contributed by atoms with Crippen molar-refractivity contribution in [3.63, 3.8) is 0 Å². The zero-order chi connectivity index (χ0) is 14.7. The van der Waals surface area contributed by atoms with Crippen molar-refractivity contribution in [1.82, 2.24) is 5.32 Å². The van der Waals surface area contributed by atoms with Gasteiger partial charge in [-0.1, -0.05) is 54.1 Å². The van der Waals surface area contributed by atoms with Crippen molar-refractivity contribution in [3.8, 4) is 0 Å². The van der Waals surface area contributed by atoms with E-state index in [1.165, 1.54) is 36.0 Å². The van der Waals surface area contributed by atoms with E-state index in [9.17, 15) is 0 Å². The van der Waals surface area contributed by atoms with Gasteiger partial charge >= 0.3 is 0 Å². The molecular weight excluding hydrogens is 278 g/mol. The molecule has 0 fully saturated rings. The lowest BCUT2D eigenvalue weighted by atomic mass is 9.78. The third-order valence-electron chi connectivity index (χ3n) is 4.64. The Morgan fingerprint density at radius 1 is 1.14 bits per heavy atom.